The van der Waals surface area contributed by atoms with Crippen molar-refractivity contribution in [1.29, 1.82) is 0 Å². The molecule has 1 aromatic heterocycles. The maximum Gasteiger partial charge on any atom is 0.354 e. The number of hydrogen-bond donors (Lipinski definition) is 1. The summed E-state index contributed by atoms with van der Waals surface area (Å²) in [5.74, 6) is -0.252. The lowest BCUT2D eigenvalue weighted by Gasteiger charge is -2.25. The van der Waals surface area contributed by atoms with Crippen molar-refractivity contribution in [3.63, 3.8) is 0 Å². The third-order valence-corrected chi connectivity index (χ3v) is 2.78. The molecule has 4 heteroatoms. The highest BCUT2D eigenvalue weighted by Crippen LogP contribution is 2.28. The summed E-state index contributed by atoms with van der Waals surface area (Å²) in [6.07, 6.45) is 3.68. The van der Waals surface area contributed by atoms with E-state index >= 15 is 0 Å². The van der Waals surface area contributed by atoms with E-state index in [1.807, 2.05) is 6.92 Å². The van der Waals surface area contributed by atoms with Crippen molar-refractivity contribution in [1.82, 2.24) is 9.78 Å². The van der Waals surface area contributed by atoms with Gasteiger partial charge in [0, 0.05) is 6.54 Å². The molecule has 0 amide bonds. The van der Waals surface area contributed by atoms with E-state index in [4.69, 9.17) is 5.11 Å². The molecule has 0 aliphatic heterocycles. The minimum Gasteiger partial charge on any atom is -0.477 e. The van der Waals surface area contributed by atoms with E-state index in [1.165, 1.54) is 19.3 Å². The Hall–Kier alpha value is -1.32. The van der Waals surface area contributed by atoms with Gasteiger partial charge in [-0.3, -0.25) is 4.68 Å². The summed E-state index contributed by atoms with van der Waals surface area (Å²) >= 11 is 0. The molecule has 0 unspecified atom stereocenters. The van der Waals surface area contributed by atoms with E-state index < -0.39 is 5.97 Å². The number of carboxylic acids is 1. The highest BCUT2D eigenvalue weighted by Gasteiger charge is 2.21. The van der Waals surface area contributed by atoms with E-state index in [0.29, 0.717) is 11.6 Å². The zero-order valence-electron chi connectivity index (χ0n) is 8.23. The molecule has 2 rings (SSSR count). The van der Waals surface area contributed by atoms with E-state index in [0.717, 1.165) is 12.2 Å². The molecule has 14 heavy (non-hydrogen) atoms. The number of hydrogen-bond acceptors (Lipinski definition) is 2. The van der Waals surface area contributed by atoms with Gasteiger partial charge in [-0.25, -0.2) is 4.79 Å². The fourth-order valence-electron chi connectivity index (χ4n) is 1.78. The summed E-state index contributed by atoms with van der Waals surface area (Å²) in [5.41, 5.74) is 1.09. The third kappa shape index (κ3) is 1.64. The van der Waals surface area contributed by atoms with Crippen molar-refractivity contribution in [3.8, 4) is 0 Å². The van der Waals surface area contributed by atoms with Crippen LogP contribution in [0.2, 0.25) is 0 Å². The van der Waals surface area contributed by atoms with Gasteiger partial charge in [-0.1, -0.05) is 6.42 Å². The molecule has 0 spiro atoms. The maximum atomic E-state index is 10.9. The van der Waals surface area contributed by atoms with Gasteiger partial charge in [0.05, 0.1) is 5.69 Å². The highest BCUT2D eigenvalue weighted by atomic mass is 16.4. The van der Waals surface area contributed by atoms with Crippen LogP contribution in [0.15, 0.2) is 6.07 Å². The van der Waals surface area contributed by atoms with Crippen LogP contribution >= 0.6 is 0 Å². The van der Waals surface area contributed by atoms with Gasteiger partial charge in [0.25, 0.3) is 0 Å². The summed E-state index contributed by atoms with van der Waals surface area (Å²) in [6.45, 7) is 2.58. The van der Waals surface area contributed by atoms with Gasteiger partial charge in [-0.15, -0.1) is 0 Å². The Balaban J connectivity index is 2.17. The SMILES string of the molecule is Cc1cc(C(=O)O)n(CC2CCC2)n1. The number of aromatic nitrogens is 2. The van der Waals surface area contributed by atoms with Crippen LogP contribution in [0.3, 0.4) is 0 Å². The summed E-state index contributed by atoms with van der Waals surface area (Å²) in [5, 5.41) is 13.1. The van der Waals surface area contributed by atoms with Crippen LogP contribution in [0.4, 0.5) is 0 Å². The summed E-state index contributed by atoms with van der Waals surface area (Å²) in [6, 6.07) is 1.63. The number of rotatable bonds is 3. The van der Waals surface area contributed by atoms with Gasteiger partial charge in [-0.2, -0.15) is 5.10 Å². The second-order valence-electron chi connectivity index (χ2n) is 3.96. The predicted molar refractivity (Wildman–Crippen MR) is 51.3 cm³/mol. The minimum atomic E-state index is -0.884. The molecule has 1 fully saturated rings. The van der Waals surface area contributed by atoms with Gasteiger partial charge in [0.15, 0.2) is 0 Å². The molecule has 0 aromatic carbocycles. The van der Waals surface area contributed by atoms with Crippen LogP contribution in [-0.2, 0) is 6.54 Å². The van der Waals surface area contributed by atoms with Crippen molar-refractivity contribution in [2.75, 3.05) is 0 Å². The lowest BCUT2D eigenvalue weighted by molar-refractivity contribution is 0.0680. The summed E-state index contributed by atoms with van der Waals surface area (Å²) < 4.78 is 1.63. The lowest BCUT2D eigenvalue weighted by atomic mass is 9.85. The highest BCUT2D eigenvalue weighted by molar-refractivity contribution is 5.85. The first-order valence-electron chi connectivity index (χ1n) is 4.94. The number of aryl methyl sites for hydroxylation is 1. The fourth-order valence-corrected chi connectivity index (χ4v) is 1.78. The Morgan fingerprint density at radius 2 is 2.43 bits per heavy atom. The average molecular weight is 194 g/mol. The van der Waals surface area contributed by atoms with Crippen LogP contribution in [0.5, 0.6) is 0 Å². The molecule has 1 aliphatic rings. The lowest BCUT2D eigenvalue weighted by Crippen LogP contribution is -2.21. The smallest absolute Gasteiger partial charge is 0.354 e. The topological polar surface area (TPSA) is 55.1 Å². The maximum absolute atomic E-state index is 10.9. The van der Waals surface area contributed by atoms with Gasteiger partial charge in [-0.05, 0) is 31.7 Å². The number of carbonyl (C=O) groups is 1. The average Bonchev–Trinajstić information content (AvgIpc) is 2.39. The normalized spacial score (nSPS) is 16.6. The number of nitrogens with zero attached hydrogens (tertiary/aromatic N) is 2. The summed E-state index contributed by atoms with van der Waals surface area (Å²) in [7, 11) is 0. The first kappa shape index (κ1) is 9.24. The molecule has 0 radical (unpaired) electrons. The van der Waals surface area contributed by atoms with E-state index in [-0.39, 0.29) is 0 Å². The van der Waals surface area contributed by atoms with Crippen molar-refractivity contribution < 1.29 is 9.90 Å². The first-order chi connectivity index (χ1) is 6.66. The first-order valence-corrected chi connectivity index (χ1v) is 4.94. The second kappa shape index (κ2) is 3.44. The molecule has 1 saturated carbocycles. The van der Waals surface area contributed by atoms with Crippen LogP contribution in [-0.4, -0.2) is 20.9 Å². The number of aromatic carboxylic acids is 1. The zero-order chi connectivity index (χ0) is 10.1. The van der Waals surface area contributed by atoms with Crippen LogP contribution < -0.4 is 0 Å². The van der Waals surface area contributed by atoms with Crippen molar-refractivity contribution in [2.24, 2.45) is 5.92 Å². The molecule has 4 nitrogen and oxygen atoms in total. The molecule has 0 saturated heterocycles. The van der Waals surface area contributed by atoms with Crippen molar-refractivity contribution >= 4 is 5.97 Å². The van der Waals surface area contributed by atoms with Gasteiger partial charge in [0.2, 0.25) is 0 Å². The molecular formula is C10H14N2O2. The molecular weight excluding hydrogens is 180 g/mol. The van der Waals surface area contributed by atoms with Crippen LogP contribution in [0, 0.1) is 12.8 Å². The molecule has 1 aromatic rings. The van der Waals surface area contributed by atoms with E-state index in [9.17, 15) is 4.79 Å². The van der Waals surface area contributed by atoms with Crippen LogP contribution in [0.1, 0.15) is 35.4 Å². The Bertz CT molecular complexity index is 353. The molecule has 76 valence electrons. The fraction of sp³-hybridized carbons (Fsp3) is 0.600. The standard InChI is InChI=1S/C10H14N2O2/c1-7-5-9(10(13)14)12(11-7)6-8-3-2-4-8/h5,8H,2-4,6H2,1H3,(H,13,14). The van der Waals surface area contributed by atoms with E-state index in [1.54, 1.807) is 10.7 Å². The van der Waals surface area contributed by atoms with Crippen molar-refractivity contribution in [3.05, 3.63) is 17.5 Å². The third-order valence-electron chi connectivity index (χ3n) is 2.78. The monoisotopic (exact) mass is 194 g/mol. The Kier molecular flexibility index (Phi) is 2.27. The summed E-state index contributed by atoms with van der Waals surface area (Å²) in [4.78, 5) is 10.9. The number of carboxylic acid groups (broad SMARTS) is 1. The predicted octanol–water partition coefficient (Wildman–Crippen LogP) is 1.69. The Morgan fingerprint density at radius 1 is 1.71 bits per heavy atom. The second-order valence-corrected chi connectivity index (χ2v) is 3.96. The zero-order valence-corrected chi connectivity index (χ0v) is 8.23. The van der Waals surface area contributed by atoms with Crippen molar-refractivity contribution in [2.45, 2.75) is 32.7 Å². The van der Waals surface area contributed by atoms with Crippen LogP contribution in [0.25, 0.3) is 0 Å². The van der Waals surface area contributed by atoms with E-state index in [2.05, 4.69) is 5.10 Å². The largest absolute Gasteiger partial charge is 0.477 e. The minimum absolute atomic E-state index is 0.314. The molecule has 0 bridgehead atoms. The Labute approximate surface area is 82.5 Å². The molecule has 1 aliphatic carbocycles. The van der Waals surface area contributed by atoms with Gasteiger partial charge >= 0.3 is 5.97 Å². The van der Waals surface area contributed by atoms with Gasteiger partial charge in [0.1, 0.15) is 5.69 Å². The molecule has 1 heterocycles. The molecule has 1 N–H and O–H groups in total. The quantitative estimate of drug-likeness (QED) is 0.796. The molecule has 0 atom stereocenters. The van der Waals surface area contributed by atoms with Gasteiger partial charge < -0.3 is 5.11 Å². The Morgan fingerprint density at radius 3 is 2.93 bits per heavy atom.